The third-order valence-electron chi connectivity index (χ3n) is 14.1. The molecule has 400 valence electrons. The molecule has 0 radical (unpaired) electrons. The minimum atomic E-state index is -0.113. The largest absolute Gasteiger partial charge is 0.497 e. The van der Waals surface area contributed by atoms with E-state index in [1.54, 1.807) is 30.6 Å². The molecule has 1 aliphatic rings. The highest BCUT2D eigenvalue weighted by Crippen LogP contribution is 2.41. The van der Waals surface area contributed by atoms with Gasteiger partial charge in [-0.2, -0.15) is 9.97 Å². The van der Waals surface area contributed by atoms with Gasteiger partial charge in [-0.3, -0.25) is 0 Å². The number of aliphatic hydroxyl groups is 2. The Bertz CT molecular complexity index is 3870. The molecule has 10 aromatic rings. The quantitative estimate of drug-likeness (QED) is 0.0467. The maximum Gasteiger partial charge on any atom is 0.225 e. The molecule has 0 atom stereocenters. The van der Waals surface area contributed by atoms with Crippen LogP contribution < -0.4 is 25.6 Å². The second-order valence-corrected chi connectivity index (χ2v) is 22.0. The predicted molar refractivity (Wildman–Crippen MR) is 330 cm³/mol. The summed E-state index contributed by atoms with van der Waals surface area (Å²) in [5, 5.41) is 33.6. The van der Waals surface area contributed by atoms with Gasteiger partial charge in [-0.1, -0.05) is 165 Å². The van der Waals surface area contributed by atoms with Gasteiger partial charge in [-0.15, -0.1) is 0 Å². The summed E-state index contributed by atoms with van der Waals surface area (Å²) in [5.41, 5.74) is 11.9. The van der Waals surface area contributed by atoms with Crippen molar-refractivity contribution in [1.82, 2.24) is 19.9 Å². The minimum absolute atomic E-state index is 0.00771. The van der Waals surface area contributed by atoms with Crippen molar-refractivity contribution in [1.29, 1.82) is 0 Å². The maximum atomic E-state index is 10.8. The number of para-hydroxylation sites is 2. The van der Waals surface area contributed by atoms with E-state index in [0.29, 0.717) is 37.3 Å². The second kappa shape index (κ2) is 25.1. The van der Waals surface area contributed by atoms with Gasteiger partial charge in [0.05, 0.1) is 31.4 Å². The zero-order valence-electron chi connectivity index (χ0n) is 44.9. The first-order valence-corrected chi connectivity index (χ1v) is 28.6. The lowest BCUT2D eigenvalue weighted by molar-refractivity contribution is 0.278. The number of nitrogens with one attached hydrogen (secondary N) is 3. The molecule has 11 rings (SSSR count). The number of hydrogen-bond donors (Lipinski definition) is 5. The first kappa shape index (κ1) is 53.5. The molecule has 0 saturated carbocycles. The van der Waals surface area contributed by atoms with Gasteiger partial charge in [0.2, 0.25) is 11.9 Å². The lowest BCUT2D eigenvalue weighted by atomic mass is 10.0. The monoisotopic (exact) mass is 1090 g/mol. The Balaban J connectivity index is 0.877. The van der Waals surface area contributed by atoms with Crippen LogP contribution in [0.1, 0.15) is 60.4 Å². The van der Waals surface area contributed by atoms with Crippen molar-refractivity contribution in [2.45, 2.75) is 73.6 Å². The van der Waals surface area contributed by atoms with E-state index < -0.39 is 0 Å². The Morgan fingerprint density at radius 3 is 1.99 bits per heavy atom. The fourth-order valence-electron chi connectivity index (χ4n) is 9.88. The molecular formula is C67H62N8O3S2. The summed E-state index contributed by atoms with van der Waals surface area (Å²) in [6, 6.07) is 63.9. The molecule has 8 aromatic carbocycles. The average Bonchev–Trinajstić information content (AvgIpc) is 3.52. The van der Waals surface area contributed by atoms with E-state index in [2.05, 4.69) is 156 Å². The number of thioether (sulfide) groups is 1. The standard InChI is InChI=1S/C67H62N8O3S2/c1-44(2)54-22-10-12-24-57(54)70-64-56-37-46(31-36-59(56)72-66(73-64)68-39-48-19-7-14-26-60(48)79-62-28-16-9-21-50(62)42-76)47-29-30-51(43-77)63(38-47)80-61-27-15-8-20-49(61)40-69-67-71-58-25-13-11-23-55(58)65(74-67)75(41-45-17-5-4-6-18-45)52-32-34-53(78-3)35-33-52/h4-6,8-13,15-38,44,76-77H,7,14,39-43H2,1-3H3,(H,69,71,74)(H2,68,70,72,73). The van der Waals surface area contributed by atoms with E-state index in [0.717, 1.165) is 106 Å². The number of allylic oxidation sites excluding steroid dienone is 2. The molecule has 1 aliphatic carbocycles. The molecule has 0 bridgehead atoms. The summed E-state index contributed by atoms with van der Waals surface area (Å²) in [6.07, 6.45) is 6.49. The lowest BCUT2D eigenvalue weighted by Crippen LogP contribution is -2.19. The number of rotatable bonds is 21. The van der Waals surface area contributed by atoms with Gasteiger partial charge in [0.15, 0.2) is 0 Å². The first-order chi connectivity index (χ1) is 39.3. The number of nitrogens with zero attached hydrogens (tertiary/aromatic N) is 5. The van der Waals surface area contributed by atoms with Crippen molar-refractivity contribution < 1.29 is 14.9 Å². The normalized spacial score (nSPS) is 12.3. The molecule has 2 heterocycles. The Morgan fingerprint density at radius 2 is 1.20 bits per heavy atom. The van der Waals surface area contributed by atoms with E-state index in [1.807, 2.05) is 78.9 Å². The van der Waals surface area contributed by atoms with Crippen molar-refractivity contribution in [3.8, 4) is 16.9 Å². The molecule has 0 saturated heterocycles. The van der Waals surface area contributed by atoms with Crippen molar-refractivity contribution in [2.75, 3.05) is 34.5 Å². The Morgan fingerprint density at radius 1 is 0.562 bits per heavy atom. The molecule has 2 aromatic heterocycles. The van der Waals surface area contributed by atoms with E-state index in [9.17, 15) is 10.2 Å². The minimum Gasteiger partial charge on any atom is -0.497 e. The van der Waals surface area contributed by atoms with Gasteiger partial charge in [-0.25, -0.2) is 9.97 Å². The van der Waals surface area contributed by atoms with Gasteiger partial charge in [-0.05, 0) is 136 Å². The highest BCUT2D eigenvalue weighted by molar-refractivity contribution is 8.03. The fraction of sp³-hybridized carbons (Fsp3) is 0.164. The van der Waals surface area contributed by atoms with Gasteiger partial charge in [0, 0.05) is 61.4 Å². The van der Waals surface area contributed by atoms with Crippen molar-refractivity contribution in [3.63, 3.8) is 0 Å². The zero-order chi connectivity index (χ0) is 54.8. The van der Waals surface area contributed by atoms with E-state index in [-0.39, 0.29) is 19.1 Å². The molecule has 0 spiro atoms. The highest BCUT2D eigenvalue weighted by Gasteiger charge is 2.21. The fourth-order valence-corrected chi connectivity index (χ4v) is 12.1. The molecule has 13 heteroatoms. The zero-order valence-corrected chi connectivity index (χ0v) is 46.6. The van der Waals surface area contributed by atoms with Crippen molar-refractivity contribution in [2.24, 2.45) is 0 Å². The number of aromatic nitrogens is 4. The summed E-state index contributed by atoms with van der Waals surface area (Å²) in [6.45, 7) is 5.87. The molecule has 0 amide bonds. The third kappa shape index (κ3) is 12.4. The van der Waals surface area contributed by atoms with Crippen LogP contribution in [0.4, 0.5) is 34.9 Å². The molecule has 0 fully saturated rings. The van der Waals surface area contributed by atoms with Gasteiger partial charge >= 0.3 is 0 Å². The van der Waals surface area contributed by atoms with Crippen LogP contribution in [0.3, 0.4) is 0 Å². The van der Waals surface area contributed by atoms with Crippen molar-refractivity contribution in [3.05, 3.63) is 239 Å². The summed E-state index contributed by atoms with van der Waals surface area (Å²) in [5.74, 6) is 3.58. The second-order valence-electron chi connectivity index (χ2n) is 19.8. The van der Waals surface area contributed by atoms with Gasteiger partial charge in [0.1, 0.15) is 17.4 Å². The summed E-state index contributed by atoms with van der Waals surface area (Å²) < 4.78 is 5.52. The molecule has 11 nitrogen and oxygen atoms in total. The van der Waals surface area contributed by atoms with Crippen LogP contribution in [0.5, 0.6) is 5.75 Å². The number of methoxy groups -OCH3 is 1. The van der Waals surface area contributed by atoms with Crippen LogP contribution in [-0.2, 0) is 26.3 Å². The van der Waals surface area contributed by atoms with Gasteiger partial charge < -0.3 is 35.8 Å². The lowest BCUT2D eigenvalue weighted by Gasteiger charge is -2.26. The number of benzene rings is 8. The predicted octanol–water partition coefficient (Wildman–Crippen LogP) is 16.0. The highest BCUT2D eigenvalue weighted by atomic mass is 32.2. The summed E-state index contributed by atoms with van der Waals surface area (Å²) >= 11 is 3.32. The molecule has 5 N–H and O–H groups in total. The average molecular weight is 1090 g/mol. The number of hydrogen-bond acceptors (Lipinski definition) is 13. The van der Waals surface area contributed by atoms with Crippen LogP contribution in [0.25, 0.3) is 32.9 Å². The van der Waals surface area contributed by atoms with Crippen LogP contribution >= 0.6 is 23.5 Å². The first-order valence-electron chi connectivity index (χ1n) is 26.9. The number of fused-ring (bicyclic) bond motifs is 2. The van der Waals surface area contributed by atoms with E-state index in [4.69, 9.17) is 24.7 Å². The van der Waals surface area contributed by atoms with Gasteiger partial charge in [0.25, 0.3) is 0 Å². The third-order valence-corrected chi connectivity index (χ3v) is 16.6. The SMILES string of the molecule is COc1ccc(N(Cc2ccccc2)c2nc(NCc3ccccc3Sc3cc(-c4ccc5nc(NCC6=CCCC=C6Sc6ccccc6CO)nc(Nc6ccccc6C(C)C)c5c4)ccc3CO)nc3ccccc23)cc1. The van der Waals surface area contributed by atoms with Crippen molar-refractivity contribution >= 4 is 80.2 Å². The Kier molecular flexibility index (Phi) is 16.8. The number of anilines is 6. The van der Waals surface area contributed by atoms with Crippen LogP contribution in [0, 0.1) is 0 Å². The number of aliphatic hydroxyl groups excluding tert-OH is 2. The Hall–Kier alpha value is -8.46. The van der Waals surface area contributed by atoms with E-state index in [1.165, 1.54) is 16.0 Å². The van der Waals surface area contributed by atoms with Crippen LogP contribution in [0.15, 0.2) is 225 Å². The van der Waals surface area contributed by atoms with Crippen LogP contribution in [-0.4, -0.2) is 43.8 Å². The maximum absolute atomic E-state index is 10.8. The molecular weight excluding hydrogens is 1030 g/mol. The molecule has 0 aliphatic heterocycles. The summed E-state index contributed by atoms with van der Waals surface area (Å²) in [7, 11) is 1.68. The topological polar surface area (TPSA) is 141 Å². The number of ether oxygens (including phenoxy) is 1. The summed E-state index contributed by atoms with van der Waals surface area (Å²) in [4.78, 5) is 27.0. The van der Waals surface area contributed by atoms with Crippen LogP contribution in [0.2, 0.25) is 0 Å². The van der Waals surface area contributed by atoms with E-state index >= 15 is 0 Å². The smallest absolute Gasteiger partial charge is 0.225 e. The molecule has 80 heavy (non-hydrogen) atoms. The Labute approximate surface area is 476 Å². The molecule has 0 unspecified atom stereocenters.